The summed E-state index contributed by atoms with van der Waals surface area (Å²) in [6, 6.07) is 7.82. The van der Waals surface area contributed by atoms with Crippen LogP contribution < -0.4 is 10.2 Å². The molecule has 0 fully saturated rings. The number of nitro benzene ring substituents is 1. The molecule has 0 radical (unpaired) electrons. The summed E-state index contributed by atoms with van der Waals surface area (Å²) >= 11 is 0. The van der Waals surface area contributed by atoms with E-state index in [2.05, 4.69) is 10.5 Å². The van der Waals surface area contributed by atoms with E-state index in [-0.39, 0.29) is 17.2 Å². The molecule has 2 aromatic rings. The summed E-state index contributed by atoms with van der Waals surface area (Å²) in [7, 11) is 0. The average molecular weight is 334 g/mol. The molecule has 1 aromatic heterocycles. The standard InChI is InChI=1S/C13H10N4O7/c18-12(8-23-10-3-1-2-9(6-10)16(19)20)15-14-7-11-4-5-13(24-11)17(21)22/h1-7H,8H2,(H,15,18). The van der Waals surface area contributed by atoms with Crippen molar-refractivity contribution in [1.82, 2.24) is 5.43 Å². The lowest BCUT2D eigenvalue weighted by atomic mass is 10.3. The molecule has 1 aromatic carbocycles. The number of ether oxygens (including phenoxy) is 1. The van der Waals surface area contributed by atoms with Gasteiger partial charge >= 0.3 is 5.88 Å². The minimum atomic E-state index is -0.706. The Bertz CT molecular complexity index is 799. The second-order valence-corrected chi connectivity index (χ2v) is 4.27. The van der Waals surface area contributed by atoms with Crippen molar-refractivity contribution in [2.45, 2.75) is 0 Å². The fourth-order valence-electron chi connectivity index (χ4n) is 1.55. The van der Waals surface area contributed by atoms with Gasteiger partial charge in [-0.25, -0.2) is 5.43 Å². The number of amides is 1. The van der Waals surface area contributed by atoms with Gasteiger partial charge in [0.2, 0.25) is 0 Å². The van der Waals surface area contributed by atoms with Crippen molar-refractivity contribution >= 4 is 23.7 Å². The number of hydrogen-bond donors (Lipinski definition) is 1. The molecular weight excluding hydrogens is 324 g/mol. The van der Waals surface area contributed by atoms with Gasteiger partial charge in [0.15, 0.2) is 12.4 Å². The molecule has 11 heteroatoms. The SMILES string of the molecule is O=C(COc1cccc([N+](=O)[O-])c1)NN=Cc1ccc([N+](=O)[O-])o1. The van der Waals surface area contributed by atoms with Crippen LogP contribution >= 0.6 is 0 Å². The molecule has 0 aliphatic rings. The third-order valence-corrected chi connectivity index (χ3v) is 2.57. The minimum absolute atomic E-state index is 0.0848. The van der Waals surface area contributed by atoms with Crippen LogP contribution in [0.15, 0.2) is 45.9 Å². The molecule has 0 saturated heterocycles. The van der Waals surface area contributed by atoms with E-state index in [1.54, 1.807) is 0 Å². The number of benzene rings is 1. The zero-order chi connectivity index (χ0) is 17.5. The zero-order valence-corrected chi connectivity index (χ0v) is 11.9. The number of hydrogen-bond acceptors (Lipinski definition) is 8. The smallest absolute Gasteiger partial charge is 0.433 e. The molecule has 0 aliphatic heterocycles. The van der Waals surface area contributed by atoms with Crippen molar-refractivity contribution in [2.24, 2.45) is 5.10 Å². The Labute approximate surface area is 133 Å². The Morgan fingerprint density at radius 3 is 2.71 bits per heavy atom. The van der Waals surface area contributed by atoms with E-state index in [4.69, 9.17) is 9.15 Å². The first-order valence-corrected chi connectivity index (χ1v) is 6.39. The van der Waals surface area contributed by atoms with Gasteiger partial charge in [-0.05, 0) is 12.1 Å². The first-order valence-electron chi connectivity index (χ1n) is 6.39. The van der Waals surface area contributed by atoms with E-state index in [1.807, 2.05) is 0 Å². The summed E-state index contributed by atoms with van der Waals surface area (Å²) in [5.41, 5.74) is 1.96. The minimum Gasteiger partial charge on any atom is -0.483 e. The number of non-ortho nitro benzene ring substituents is 1. The van der Waals surface area contributed by atoms with E-state index in [0.717, 1.165) is 12.3 Å². The van der Waals surface area contributed by atoms with Crippen LogP contribution in [-0.4, -0.2) is 28.6 Å². The van der Waals surface area contributed by atoms with Crippen LogP contribution in [0, 0.1) is 20.2 Å². The lowest BCUT2D eigenvalue weighted by Crippen LogP contribution is -2.24. The zero-order valence-electron chi connectivity index (χ0n) is 11.9. The quantitative estimate of drug-likeness (QED) is 0.459. The Balaban J connectivity index is 1.82. The number of nitrogens with one attached hydrogen (secondary N) is 1. The van der Waals surface area contributed by atoms with E-state index in [1.165, 1.54) is 30.3 Å². The highest BCUT2D eigenvalue weighted by atomic mass is 16.6. The molecule has 24 heavy (non-hydrogen) atoms. The summed E-state index contributed by atoms with van der Waals surface area (Å²) in [5, 5.41) is 24.6. The molecule has 1 heterocycles. The molecular formula is C13H10N4O7. The van der Waals surface area contributed by atoms with Gasteiger partial charge in [-0.3, -0.25) is 25.0 Å². The number of carbonyl (C=O) groups excluding carboxylic acids is 1. The van der Waals surface area contributed by atoms with Crippen molar-refractivity contribution in [3.63, 3.8) is 0 Å². The summed E-state index contributed by atoms with van der Waals surface area (Å²) in [6.07, 6.45) is 1.08. The topological polar surface area (TPSA) is 150 Å². The van der Waals surface area contributed by atoms with Crippen LogP contribution in [0.2, 0.25) is 0 Å². The largest absolute Gasteiger partial charge is 0.483 e. The lowest BCUT2D eigenvalue weighted by Gasteiger charge is -2.04. The van der Waals surface area contributed by atoms with Gasteiger partial charge in [0.05, 0.1) is 23.3 Å². The van der Waals surface area contributed by atoms with Crippen LogP contribution in [0.25, 0.3) is 0 Å². The van der Waals surface area contributed by atoms with Crippen LogP contribution in [0.5, 0.6) is 5.75 Å². The second kappa shape index (κ2) is 7.49. The molecule has 124 valence electrons. The fraction of sp³-hybridized carbons (Fsp3) is 0.0769. The van der Waals surface area contributed by atoms with Crippen molar-refractivity contribution in [2.75, 3.05) is 6.61 Å². The summed E-state index contributed by atoms with van der Waals surface area (Å²) < 4.78 is 9.89. The average Bonchev–Trinajstić information content (AvgIpc) is 3.02. The Morgan fingerprint density at radius 2 is 2.04 bits per heavy atom. The monoisotopic (exact) mass is 334 g/mol. The van der Waals surface area contributed by atoms with Gasteiger partial charge in [0.25, 0.3) is 11.6 Å². The molecule has 0 unspecified atom stereocenters. The van der Waals surface area contributed by atoms with E-state index in [0.29, 0.717) is 0 Å². The van der Waals surface area contributed by atoms with Gasteiger partial charge in [-0.1, -0.05) is 6.07 Å². The number of nitro groups is 2. The highest BCUT2D eigenvalue weighted by Gasteiger charge is 2.10. The maximum absolute atomic E-state index is 11.5. The molecule has 2 rings (SSSR count). The van der Waals surface area contributed by atoms with Gasteiger partial charge in [0.1, 0.15) is 10.7 Å². The third kappa shape index (κ3) is 4.62. The molecule has 1 amide bonds. The Morgan fingerprint density at radius 1 is 1.25 bits per heavy atom. The van der Waals surface area contributed by atoms with Gasteiger partial charge in [-0.15, -0.1) is 0 Å². The molecule has 0 atom stereocenters. The highest BCUT2D eigenvalue weighted by Crippen LogP contribution is 2.18. The third-order valence-electron chi connectivity index (χ3n) is 2.57. The Hall–Kier alpha value is -3.76. The van der Waals surface area contributed by atoms with Crippen molar-refractivity contribution in [1.29, 1.82) is 0 Å². The molecule has 11 nitrogen and oxygen atoms in total. The van der Waals surface area contributed by atoms with Gasteiger partial charge in [0, 0.05) is 6.07 Å². The Kier molecular flexibility index (Phi) is 5.18. The number of hydrazone groups is 1. The number of nitrogens with zero attached hydrogens (tertiary/aromatic N) is 3. The van der Waals surface area contributed by atoms with Crippen molar-refractivity contribution in [3.8, 4) is 5.75 Å². The summed E-state index contributed by atoms with van der Waals surface area (Å²) in [6.45, 7) is -0.420. The summed E-state index contributed by atoms with van der Waals surface area (Å²) in [4.78, 5) is 31.3. The predicted molar refractivity (Wildman–Crippen MR) is 79.7 cm³/mol. The first kappa shape index (κ1) is 16.6. The molecule has 0 aliphatic carbocycles. The second-order valence-electron chi connectivity index (χ2n) is 4.27. The fourth-order valence-corrected chi connectivity index (χ4v) is 1.55. The normalized spacial score (nSPS) is 10.5. The van der Waals surface area contributed by atoms with Gasteiger partial charge < -0.3 is 9.15 Å². The number of rotatable bonds is 7. The molecule has 0 bridgehead atoms. The van der Waals surface area contributed by atoms with Crippen LogP contribution in [0.4, 0.5) is 11.6 Å². The van der Waals surface area contributed by atoms with E-state index < -0.39 is 28.2 Å². The van der Waals surface area contributed by atoms with Crippen LogP contribution in [-0.2, 0) is 4.79 Å². The van der Waals surface area contributed by atoms with Gasteiger partial charge in [-0.2, -0.15) is 5.10 Å². The first-order chi connectivity index (χ1) is 11.5. The number of carbonyl (C=O) groups is 1. The van der Waals surface area contributed by atoms with E-state index >= 15 is 0 Å². The highest BCUT2D eigenvalue weighted by molar-refractivity contribution is 5.81. The molecule has 0 spiro atoms. The maximum atomic E-state index is 11.5. The number of furan rings is 1. The maximum Gasteiger partial charge on any atom is 0.433 e. The molecule has 0 saturated carbocycles. The van der Waals surface area contributed by atoms with Crippen LogP contribution in [0.1, 0.15) is 5.76 Å². The van der Waals surface area contributed by atoms with Crippen LogP contribution in [0.3, 0.4) is 0 Å². The predicted octanol–water partition coefficient (Wildman–Crippen LogP) is 1.63. The van der Waals surface area contributed by atoms with Crippen molar-refractivity contribution < 1.29 is 23.8 Å². The van der Waals surface area contributed by atoms with E-state index in [9.17, 15) is 25.0 Å². The summed E-state index contributed by atoms with van der Waals surface area (Å²) in [5.74, 6) is -0.831. The lowest BCUT2D eigenvalue weighted by molar-refractivity contribution is -0.402. The van der Waals surface area contributed by atoms with Crippen molar-refractivity contribution in [3.05, 3.63) is 62.4 Å². The molecule has 1 N–H and O–H groups in total.